The van der Waals surface area contributed by atoms with E-state index in [1.54, 1.807) is 4.90 Å². The van der Waals surface area contributed by atoms with Crippen LogP contribution in [0.25, 0.3) is 0 Å². The van der Waals surface area contributed by atoms with Crippen LogP contribution in [0.1, 0.15) is 31.2 Å². The van der Waals surface area contributed by atoms with Gasteiger partial charge in [0.25, 0.3) is 0 Å². The van der Waals surface area contributed by atoms with Crippen molar-refractivity contribution in [2.75, 3.05) is 6.54 Å². The number of nitrogens with zero attached hydrogens (tertiary/aromatic N) is 1. The van der Waals surface area contributed by atoms with Crippen molar-refractivity contribution in [3.05, 3.63) is 35.9 Å². The zero-order valence-electron chi connectivity index (χ0n) is 10.9. The number of rotatable bonds is 7. The highest BCUT2D eigenvalue weighted by Gasteiger charge is 2.33. The molecule has 1 aliphatic rings. The first-order valence-electron chi connectivity index (χ1n) is 6.71. The van der Waals surface area contributed by atoms with Gasteiger partial charge in [-0.1, -0.05) is 30.3 Å². The maximum Gasteiger partial charge on any atom is 0.303 e. The van der Waals surface area contributed by atoms with Gasteiger partial charge in [-0.05, 0) is 24.8 Å². The highest BCUT2D eigenvalue weighted by molar-refractivity contribution is 5.81. The van der Waals surface area contributed by atoms with Crippen molar-refractivity contribution >= 4 is 11.9 Å². The van der Waals surface area contributed by atoms with E-state index in [1.807, 2.05) is 30.3 Å². The minimum absolute atomic E-state index is 0.114. The lowest BCUT2D eigenvalue weighted by Gasteiger charge is -2.22. The zero-order valence-corrected chi connectivity index (χ0v) is 10.9. The topological polar surface area (TPSA) is 57.6 Å². The number of amides is 1. The van der Waals surface area contributed by atoms with Crippen LogP contribution in [0.4, 0.5) is 0 Å². The molecule has 0 unspecified atom stereocenters. The van der Waals surface area contributed by atoms with Gasteiger partial charge in [-0.15, -0.1) is 0 Å². The van der Waals surface area contributed by atoms with Crippen LogP contribution in [-0.4, -0.2) is 28.4 Å². The van der Waals surface area contributed by atoms with Gasteiger partial charge in [0.05, 0.1) is 0 Å². The van der Waals surface area contributed by atoms with Crippen LogP contribution in [-0.2, 0) is 16.1 Å². The molecule has 4 nitrogen and oxygen atoms in total. The smallest absolute Gasteiger partial charge is 0.303 e. The molecule has 0 aliphatic heterocycles. The van der Waals surface area contributed by atoms with E-state index < -0.39 is 5.97 Å². The molecule has 0 saturated heterocycles. The lowest BCUT2D eigenvalue weighted by molar-refractivity contribution is -0.138. The quantitative estimate of drug-likeness (QED) is 0.819. The third kappa shape index (κ3) is 4.39. The van der Waals surface area contributed by atoms with Crippen molar-refractivity contribution in [1.82, 2.24) is 4.90 Å². The van der Waals surface area contributed by atoms with Crippen LogP contribution in [0.3, 0.4) is 0 Å². The summed E-state index contributed by atoms with van der Waals surface area (Å²) in [5, 5.41) is 8.67. The number of hydrogen-bond acceptors (Lipinski definition) is 2. The van der Waals surface area contributed by atoms with Gasteiger partial charge in [-0.25, -0.2) is 0 Å². The Labute approximate surface area is 113 Å². The summed E-state index contributed by atoms with van der Waals surface area (Å²) in [6.45, 7) is 1.10. The SMILES string of the molecule is O=C(O)CCCN(Cc1ccccc1)C(=O)C1CC1. The lowest BCUT2D eigenvalue weighted by atomic mass is 10.2. The summed E-state index contributed by atoms with van der Waals surface area (Å²) in [6.07, 6.45) is 2.58. The second-order valence-electron chi connectivity index (χ2n) is 5.02. The third-order valence-corrected chi connectivity index (χ3v) is 3.27. The number of carbonyl (C=O) groups is 2. The molecule has 19 heavy (non-hydrogen) atoms. The molecule has 0 bridgehead atoms. The lowest BCUT2D eigenvalue weighted by Crippen LogP contribution is -2.33. The molecule has 1 N–H and O–H groups in total. The maximum atomic E-state index is 12.2. The molecule has 1 aromatic rings. The van der Waals surface area contributed by atoms with Gasteiger partial charge >= 0.3 is 5.97 Å². The van der Waals surface area contributed by atoms with E-state index in [2.05, 4.69) is 0 Å². The number of benzene rings is 1. The summed E-state index contributed by atoms with van der Waals surface area (Å²) >= 11 is 0. The second kappa shape index (κ2) is 6.36. The van der Waals surface area contributed by atoms with Crippen LogP contribution >= 0.6 is 0 Å². The Hall–Kier alpha value is -1.84. The summed E-state index contributed by atoms with van der Waals surface area (Å²) in [5.74, 6) is -0.457. The predicted molar refractivity (Wildman–Crippen MR) is 71.5 cm³/mol. The van der Waals surface area contributed by atoms with E-state index in [-0.39, 0.29) is 18.2 Å². The Morgan fingerprint density at radius 2 is 1.89 bits per heavy atom. The van der Waals surface area contributed by atoms with E-state index in [9.17, 15) is 9.59 Å². The van der Waals surface area contributed by atoms with Gasteiger partial charge in [0.1, 0.15) is 0 Å². The van der Waals surface area contributed by atoms with Gasteiger partial charge in [-0.3, -0.25) is 9.59 Å². The van der Waals surface area contributed by atoms with Crippen molar-refractivity contribution in [2.24, 2.45) is 5.92 Å². The Morgan fingerprint density at radius 1 is 1.21 bits per heavy atom. The monoisotopic (exact) mass is 261 g/mol. The largest absolute Gasteiger partial charge is 0.481 e. The van der Waals surface area contributed by atoms with Crippen LogP contribution in [0.5, 0.6) is 0 Å². The minimum atomic E-state index is -0.807. The van der Waals surface area contributed by atoms with Crippen molar-refractivity contribution in [2.45, 2.75) is 32.2 Å². The van der Waals surface area contributed by atoms with E-state index >= 15 is 0 Å². The molecule has 0 heterocycles. The molecular weight excluding hydrogens is 242 g/mol. The van der Waals surface area contributed by atoms with Crippen molar-refractivity contribution in [3.63, 3.8) is 0 Å². The highest BCUT2D eigenvalue weighted by atomic mass is 16.4. The zero-order chi connectivity index (χ0) is 13.7. The van der Waals surface area contributed by atoms with Crippen LogP contribution in [0.15, 0.2) is 30.3 Å². The molecule has 2 rings (SSSR count). The van der Waals surface area contributed by atoms with Crippen molar-refractivity contribution < 1.29 is 14.7 Å². The second-order valence-corrected chi connectivity index (χ2v) is 5.02. The Morgan fingerprint density at radius 3 is 2.47 bits per heavy atom. The minimum Gasteiger partial charge on any atom is -0.481 e. The average Bonchev–Trinajstić information content (AvgIpc) is 3.22. The number of carbonyl (C=O) groups excluding carboxylic acids is 1. The molecule has 102 valence electrons. The fraction of sp³-hybridized carbons (Fsp3) is 0.467. The first-order chi connectivity index (χ1) is 9.16. The van der Waals surface area contributed by atoms with E-state index in [0.29, 0.717) is 19.5 Å². The van der Waals surface area contributed by atoms with E-state index in [0.717, 1.165) is 18.4 Å². The van der Waals surface area contributed by atoms with Gasteiger partial charge < -0.3 is 10.0 Å². The van der Waals surface area contributed by atoms with E-state index in [4.69, 9.17) is 5.11 Å². The normalized spacial score (nSPS) is 14.1. The summed E-state index contributed by atoms with van der Waals surface area (Å²) in [7, 11) is 0. The van der Waals surface area contributed by atoms with Gasteiger partial charge in [-0.2, -0.15) is 0 Å². The van der Waals surface area contributed by atoms with Gasteiger partial charge in [0, 0.05) is 25.4 Å². The average molecular weight is 261 g/mol. The summed E-state index contributed by atoms with van der Waals surface area (Å²) in [5.41, 5.74) is 1.09. The number of carboxylic acid groups (broad SMARTS) is 1. The Balaban J connectivity index is 1.93. The molecule has 4 heteroatoms. The summed E-state index contributed by atoms with van der Waals surface area (Å²) in [6, 6.07) is 9.83. The fourth-order valence-electron chi connectivity index (χ4n) is 2.08. The standard InChI is InChI=1S/C15H19NO3/c17-14(18)7-4-10-16(15(19)13-8-9-13)11-12-5-2-1-3-6-12/h1-3,5-6,13H,4,7-11H2,(H,17,18). The van der Waals surface area contributed by atoms with Gasteiger partial charge in [0.15, 0.2) is 0 Å². The predicted octanol–water partition coefficient (Wildman–Crippen LogP) is 2.29. The molecule has 0 atom stereocenters. The summed E-state index contributed by atoms with van der Waals surface area (Å²) < 4.78 is 0. The third-order valence-electron chi connectivity index (χ3n) is 3.27. The number of aliphatic carboxylic acids is 1. The molecule has 1 aromatic carbocycles. The number of hydrogen-bond donors (Lipinski definition) is 1. The fourth-order valence-corrected chi connectivity index (χ4v) is 2.08. The molecule has 1 fully saturated rings. The van der Waals surface area contributed by atoms with E-state index in [1.165, 1.54) is 0 Å². The molecule has 1 aliphatic carbocycles. The molecule has 1 saturated carbocycles. The number of carboxylic acids is 1. The molecule has 0 radical (unpaired) electrons. The molecule has 1 amide bonds. The molecule has 0 aromatic heterocycles. The van der Waals surface area contributed by atoms with Gasteiger partial charge in [0.2, 0.25) is 5.91 Å². The van der Waals surface area contributed by atoms with Crippen LogP contribution < -0.4 is 0 Å². The van der Waals surface area contributed by atoms with Crippen LogP contribution in [0.2, 0.25) is 0 Å². The first kappa shape index (κ1) is 13.6. The first-order valence-corrected chi connectivity index (χ1v) is 6.71. The van der Waals surface area contributed by atoms with Crippen molar-refractivity contribution in [1.29, 1.82) is 0 Å². The Kier molecular flexibility index (Phi) is 4.55. The summed E-state index contributed by atoms with van der Waals surface area (Å²) in [4.78, 5) is 24.5. The highest BCUT2D eigenvalue weighted by Crippen LogP contribution is 2.31. The molecular formula is C15H19NO3. The van der Waals surface area contributed by atoms with Crippen LogP contribution in [0, 0.1) is 5.92 Å². The van der Waals surface area contributed by atoms with Crippen molar-refractivity contribution in [3.8, 4) is 0 Å². The Bertz CT molecular complexity index is 440. The molecule has 0 spiro atoms. The maximum absolute atomic E-state index is 12.2.